The van der Waals surface area contributed by atoms with Gasteiger partial charge in [-0.1, -0.05) is 12.1 Å². The van der Waals surface area contributed by atoms with Crippen molar-refractivity contribution in [3.05, 3.63) is 69.5 Å². The van der Waals surface area contributed by atoms with Gasteiger partial charge in [0.15, 0.2) is 5.76 Å². The molecule has 0 fully saturated rings. The van der Waals surface area contributed by atoms with E-state index < -0.39 is 16.8 Å². The molecule has 0 bridgehead atoms. The van der Waals surface area contributed by atoms with Crippen molar-refractivity contribution in [1.29, 1.82) is 0 Å². The minimum Gasteiger partial charge on any atom is -0.462 e. The van der Waals surface area contributed by atoms with Crippen LogP contribution < -0.4 is 5.32 Å². The van der Waals surface area contributed by atoms with Crippen molar-refractivity contribution < 1.29 is 23.7 Å². The summed E-state index contributed by atoms with van der Waals surface area (Å²) in [5.74, 6) is -1.05. The summed E-state index contributed by atoms with van der Waals surface area (Å²) in [6.07, 6.45) is 1.37. The van der Waals surface area contributed by atoms with E-state index in [1.165, 1.54) is 30.5 Å². The number of nitrogens with zero attached hydrogens (tertiary/aromatic N) is 1. The van der Waals surface area contributed by atoms with Gasteiger partial charge in [-0.3, -0.25) is 14.9 Å². The lowest BCUT2D eigenvalue weighted by molar-refractivity contribution is -0.384. The molecule has 3 rings (SSSR count). The molecule has 1 N–H and O–H groups in total. The lowest BCUT2D eigenvalue weighted by Crippen LogP contribution is -2.14. The van der Waals surface area contributed by atoms with Crippen LogP contribution in [0.3, 0.4) is 0 Å². The van der Waals surface area contributed by atoms with Crippen molar-refractivity contribution in [1.82, 2.24) is 0 Å². The van der Waals surface area contributed by atoms with E-state index in [1.807, 2.05) is 0 Å². The second kappa shape index (κ2) is 7.83. The molecule has 0 spiro atoms. The van der Waals surface area contributed by atoms with Gasteiger partial charge in [-0.15, -0.1) is 11.3 Å². The average molecular weight is 386 g/mol. The number of furan rings is 1. The van der Waals surface area contributed by atoms with Crippen molar-refractivity contribution >= 4 is 33.9 Å². The summed E-state index contributed by atoms with van der Waals surface area (Å²) in [7, 11) is 0. The van der Waals surface area contributed by atoms with Gasteiger partial charge in [-0.05, 0) is 24.6 Å². The number of non-ortho nitro benzene ring substituents is 1. The normalized spacial score (nSPS) is 10.4. The largest absolute Gasteiger partial charge is 0.462 e. The molecular weight excluding hydrogens is 372 g/mol. The van der Waals surface area contributed by atoms with Crippen LogP contribution in [-0.2, 0) is 4.74 Å². The SMILES string of the molecule is CCOC(=O)c1c(-c2cccc([N+](=O)[O-])c2)csc1NC(=O)c1ccco1. The average Bonchev–Trinajstić information content (AvgIpc) is 3.32. The smallest absolute Gasteiger partial charge is 0.341 e. The molecule has 1 amide bonds. The van der Waals surface area contributed by atoms with Crippen LogP contribution in [0.2, 0.25) is 0 Å². The second-order valence-electron chi connectivity index (χ2n) is 5.31. The third kappa shape index (κ3) is 3.87. The van der Waals surface area contributed by atoms with Crippen LogP contribution in [0.1, 0.15) is 27.8 Å². The van der Waals surface area contributed by atoms with Gasteiger partial charge in [0.2, 0.25) is 0 Å². The molecule has 2 heterocycles. The van der Waals surface area contributed by atoms with E-state index in [9.17, 15) is 19.7 Å². The number of ether oxygens (including phenoxy) is 1. The summed E-state index contributed by atoms with van der Waals surface area (Å²) in [4.78, 5) is 35.3. The van der Waals surface area contributed by atoms with Crippen molar-refractivity contribution in [3.8, 4) is 11.1 Å². The van der Waals surface area contributed by atoms with E-state index in [-0.39, 0.29) is 28.6 Å². The van der Waals surface area contributed by atoms with E-state index in [0.717, 1.165) is 11.3 Å². The highest BCUT2D eigenvalue weighted by atomic mass is 32.1. The maximum atomic E-state index is 12.5. The zero-order valence-corrected chi connectivity index (χ0v) is 14.9. The van der Waals surface area contributed by atoms with Crippen LogP contribution in [-0.4, -0.2) is 23.4 Å². The van der Waals surface area contributed by atoms with Crippen LogP contribution >= 0.6 is 11.3 Å². The van der Waals surface area contributed by atoms with Gasteiger partial charge in [-0.2, -0.15) is 0 Å². The fourth-order valence-electron chi connectivity index (χ4n) is 2.43. The number of hydrogen-bond acceptors (Lipinski definition) is 7. The summed E-state index contributed by atoms with van der Waals surface area (Å²) >= 11 is 1.12. The topological polar surface area (TPSA) is 112 Å². The number of nitro groups is 1. The Hall–Kier alpha value is -3.46. The number of amides is 1. The zero-order valence-electron chi connectivity index (χ0n) is 14.1. The molecule has 2 aromatic heterocycles. The fourth-order valence-corrected chi connectivity index (χ4v) is 3.38. The molecule has 0 unspecified atom stereocenters. The van der Waals surface area contributed by atoms with Crippen LogP contribution in [0.25, 0.3) is 11.1 Å². The minimum absolute atomic E-state index is 0.0927. The molecule has 1 aromatic carbocycles. The summed E-state index contributed by atoms with van der Waals surface area (Å²) in [5, 5.41) is 15.6. The van der Waals surface area contributed by atoms with Crippen LogP contribution in [0.4, 0.5) is 10.7 Å². The Labute approximate surface area is 157 Å². The summed E-state index contributed by atoms with van der Waals surface area (Å²) in [6.45, 7) is 1.81. The number of carbonyl (C=O) groups is 2. The molecule has 0 aliphatic carbocycles. The van der Waals surface area contributed by atoms with E-state index >= 15 is 0 Å². The molecular formula is C18H14N2O6S. The number of esters is 1. The van der Waals surface area contributed by atoms with Gasteiger partial charge < -0.3 is 14.5 Å². The summed E-state index contributed by atoms with van der Waals surface area (Å²) in [6, 6.07) is 8.97. The Morgan fingerprint density at radius 2 is 2.11 bits per heavy atom. The fraction of sp³-hybridized carbons (Fsp3) is 0.111. The van der Waals surface area contributed by atoms with Crippen LogP contribution in [0.5, 0.6) is 0 Å². The molecule has 0 aliphatic rings. The Morgan fingerprint density at radius 1 is 1.30 bits per heavy atom. The zero-order chi connectivity index (χ0) is 19.4. The predicted octanol–water partition coefficient (Wildman–Crippen LogP) is 4.35. The number of carbonyl (C=O) groups excluding carboxylic acids is 2. The second-order valence-corrected chi connectivity index (χ2v) is 6.19. The molecule has 0 aliphatic heterocycles. The first-order valence-corrected chi connectivity index (χ1v) is 8.77. The van der Waals surface area contributed by atoms with E-state index in [4.69, 9.17) is 9.15 Å². The number of benzene rings is 1. The molecule has 3 aromatic rings. The maximum Gasteiger partial charge on any atom is 0.341 e. The molecule has 27 heavy (non-hydrogen) atoms. The maximum absolute atomic E-state index is 12.5. The van der Waals surface area contributed by atoms with Crippen molar-refractivity contribution in [2.45, 2.75) is 6.92 Å². The Bertz CT molecular complexity index is 993. The third-order valence-corrected chi connectivity index (χ3v) is 4.51. The number of nitrogens with one attached hydrogen (secondary N) is 1. The standard InChI is InChI=1S/C18H14N2O6S/c1-2-25-18(22)15-13(11-5-3-6-12(9-11)20(23)24)10-27-17(15)19-16(21)14-7-4-8-26-14/h3-10H,2H2,1H3,(H,19,21). The minimum atomic E-state index is -0.630. The molecule has 138 valence electrons. The van der Waals surface area contributed by atoms with Gasteiger partial charge in [0.1, 0.15) is 10.6 Å². The molecule has 0 saturated heterocycles. The highest BCUT2D eigenvalue weighted by molar-refractivity contribution is 7.15. The first-order chi connectivity index (χ1) is 13.0. The Balaban J connectivity index is 2.03. The highest BCUT2D eigenvalue weighted by Gasteiger charge is 2.24. The van der Waals surface area contributed by atoms with Crippen molar-refractivity contribution in [2.24, 2.45) is 0 Å². The van der Waals surface area contributed by atoms with E-state index in [1.54, 1.807) is 24.4 Å². The third-order valence-electron chi connectivity index (χ3n) is 3.61. The van der Waals surface area contributed by atoms with Gasteiger partial charge in [0.25, 0.3) is 11.6 Å². The molecule has 0 atom stereocenters. The molecule has 0 radical (unpaired) electrons. The van der Waals surface area contributed by atoms with Gasteiger partial charge >= 0.3 is 5.97 Å². The van der Waals surface area contributed by atoms with Crippen molar-refractivity contribution in [3.63, 3.8) is 0 Å². The van der Waals surface area contributed by atoms with Gasteiger partial charge in [0, 0.05) is 23.1 Å². The van der Waals surface area contributed by atoms with E-state index in [2.05, 4.69) is 5.32 Å². The molecule has 8 nitrogen and oxygen atoms in total. The van der Waals surface area contributed by atoms with Gasteiger partial charge in [-0.25, -0.2) is 4.79 Å². The summed E-state index contributed by atoms with van der Waals surface area (Å²) in [5.41, 5.74) is 0.954. The molecule has 9 heteroatoms. The van der Waals surface area contributed by atoms with E-state index in [0.29, 0.717) is 11.1 Å². The van der Waals surface area contributed by atoms with Crippen molar-refractivity contribution in [2.75, 3.05) is 11.9 Å². The van der Waals surface area contributed by atoms with Gasteiger partial charge in [0.05, 0.1) is 17.8 Å². The van der Waals surface area contributed by atoms with Crippen LogP contribution in [0, 0.1) is 10.1 Å². The van der Waals surface area contributed by atoms with Crippen LogP contribution in [0.15, 0.2) is 52.5 Å². The lowest BCUT2D eigenvalue weighted by atomic mass is 10.0. The first kappa shape index (κ1) is 18.3. The predicted molar refractivity (Wildman–Crippen MR) is 99.0 cm³/mol. The molecule has 0 saturated carbocycles. The Kier molecular flexibility index (Phi) is 5.32. The Morgan fingerprint density at radius 3 is 2.78 bits per heavy atom. The number of anilines is 1. The number of rotatable bonds is 6. The lowest BCUT2D eigenvalue weighted by Gasteiger charge is -2.08. The monoisotopic (exact) mass is 386 g/mol. The summed E-state index contributed by atoms with van der Waals surface area (Å²) < 4.78 is 10.1. The first-order valence-electron chi connectivity index (χ1n) is 7.89. The quantitative estimate of drug-likeness (QED) is 0.383. The number of thiophene rings is 1. The number of nitro benzene ring substituents is 1. The number of hydrogen-bond donors (Lipinski definition) is 1. The highest BCUT2D eigenvalue weighted by Crippen LogP contribution is 2.37.